The zero-order valence-electron chi connectivity index (χ0n) is 19.9. The molecule has 0 aromatic carbocycles. The zero-order chi connectivity index (χ0) is 27.3. The highest BCUT2D eigenvalue weighted by atomic mass is 16.5. The van der Waals surface area contributed by atoms with E-state index in [4.69, 9.17) is 15.2 Å². The molecule has 4 atom stereocenters. The van der Waals surface area contributed by atoms with Crippen LogP contribution in [-0.4, -0.2) is 122 Å². The molecular formula is C19H33N7O10. The molecule has 1 rings (SSSR count). The first-order valence-electron chi connectivity index (χ1n) is 10.9. The van der Waals surface area contributed by atoms with E-state index in [-0.39, 0.29) is 26.4 Å². The Morgan fingerprint density at radius 3 is 2.31 bits per heavy atom. The second-order valence-corrected chi connectivity index (χ2v) is 7.69. The van der Waals surface area contributed by atoms with Gasteiger partial charge in [-0.25, -0.2) is 4.79 Å². The summed E-state index contributed by atoms with van der Waals surface area (Å²) in [7, 11) is 1.11. The first-order chi connectivity index (χ1) is 17.0. The van der Waals surface area contributed by atoms with Crippen molar-refractivity contribution < 1.29 is 48.5 Å². The number of aliphatic hydroxyl groups excluding tert-OH is 2. The lowest BCUT2D eigenvalue weighted by Crippen LogP contribution is -2.61. The van der Waals surface area contributed by atoms with Gasteiger partial charge < -0.3 is 46.7 Å². The monoisotopic (exact) mass is 519 g/mol. The maximum Gasteiger partial charge on any atom is 0.316 e. The molecule has 7 amide bonds. The largest absolute Gasteiger partial charge is 0.394 e. The van der Waals surface area contributed by atoms with Gasteiger partial charge in [0.2, 0.25) is 17.7 Å². The first-order valence-corrected chi connectivity index (χ1v) is 10.9. The summed E-state index contributed by atoms with van der Waals surface area (Å²) < 4.78 is 10.4. The molecule has 0 aromatic heterocycles. The number of nitrogens with one attached hydrogen (secondary N) is 5. The maximum atomic E-state index is 12.7. The van der Waals surface area contributed by atoms with Gasteiger partial charge in [0.25, 0.3) is 11.8 Å². The number of amides is 7. The van der Waals surface area contributed by atoms with E-state index in [2.05, 4.69) is 26.7 Å². The molecule has 1 saturated heterocycles. The number of ether oxygens (including phenoxy) is 2. The Labute approximate surface area is 206 Å². The van der Waals surface area contributed by atoms with E-state index in [1.807, 2.05) is 0 Å². The Morgan fingerprint density at radius 1 is 1.06 bits per heavy atom. The second kappa shape index (κ2) is 15.5. The van der Waals surface area contributed by atoms with Crippen LogP contribution < -0.4 is 32.4 Å². The Balaban J connectivity index is 3.08. The Hall–Kier alpha value is -3.54. The summed E-state index contributed by atoms with van der Waals surface area (Å²) in [6, 6.07) is -5.54. The van der Waals surface area contributed by atoms with E-state index in [0.717, 1.165) is 7.05 Å². The van der Waals surface area contributed by atoms with Crippen molar-refractivity contribution in [2.45, 2.75) is 37.6 Å². The molecule has 2 unspecified atom stereocenters. The molecule has 0 saturated carbocycles. The van der Waals surface area contributed by atoms with Gasteiger partial charge in [-0.3, -0.25) is 34.4 Å². The Bertz CT molecular complexity index is 809. The molecule has 1 fully saturated rings. The number of primary amides is 1. The average molecular weight is 520 g/mol. The van der Waals surface area contributed by atoms with E-state index in [9.17, 15) is 39.0 Å². The van der Waals surface area contributed by atoms with Crippen LogP contribution in [0.1, 0.15) is 13.3 Å². The lowest BCUT2D eigenvalue weighted by Gasteiger charge is -2.28. The topological polar surface area (TPSA) is 251 Å². The van der Waals surface area contributed by atoms with Gasteiger partial charge in [0.05, 0.1) is 39.0 Å². The predicted octanol–water partition coefficient (Wildman–Crippen LogP) is -5.59. The number of hydrogen-bond donors (Lipinski definition) is 8. The van der Waals surface area contributed by atoms with Crippen molar-refractivity contribution in [3.63, 3.8) is 0 Å². The standard InChI is InChI=1S/C19H33N7O10/c1-10(28)15-18(33)26(2)25-17(32)11(7-13(20)29)22-19(34)23-12(8-27)16(31)21-3-4-35-5-6-36-9-14(30)24-15/h10-12,15,27-28H,3-9H2,1-2H3,(H2,20,29)(H,21,31)(H,24,30)(H,25,32)(H2,22,23,34)/t10?,11?,12-,15-/m1/s1. The van der Waals surface area contributed by atoms with E-state index >= 15 is 0 Å². The quantitative estimate of drug-likeness (QED) is 0.175. The number of nitrogens with zero attached hydrogens (tertiary/aromatic N) is 1. The fourth-order valence-corrected chi connectivity index (χ4v) is 2.83. The summed E-state index contributed by atoms with van der Waals surface area (Å²) >= 11 is 0. The maximum absolute atomic E-state index is 12.7. The normalized spacial score (nSPS) is 25.3. The van der Waals surface area contributed by atoms with Gasteiger partial charge in [-0.1, -0.05) is 0 Å². The minimum absolute atomic E-state index is 0.00681. The summed E-state index contributed by atoms with van der Waals surface area (Å²) in [5.41, 5.74) is 7.26. The molecule has 36 heavy (non-hydrogen) atoms. The summed E-state index contributed by atoms with van der Waals surface area (Å²) in [6.45, 7) is 0.162. The highest BCUT2D eigenvalue weighted by molar-refractivity contribution is 5.94. The van der Waals surface area contributed by atoms with Gasteiger partial charge in [0.1, 0.15) is 24.7 Å². The molecule has 0 radical (unpaired) electrons. The Kier molecular flexibility index (Phi) is 13.1. The molecular weight excluding hydrogens is 486 g/mol. The lowest BCUT2D eigenvalue weighted by atomic mass is 10.1. The van der Waals surface area contributed by atoms with Crippen molar-refractivity contribution in [3.05, 3.63) is 0 Å². The Morgan fingerprint density at radius 2 is 1.69 bits per heavy atom. The smallest absolute Gasteiger partial charge is 0.316 e. The van der Waals surface area contributed by atoms with Crippen molar-refractivity contribution in [1.29, 1.82) is 0 Å². The van der Waals surface area contributed by atoms with Crippen LogP contribution in [0.2, 0.25) is 0 Å². The highest BCUT2D eigenvalue weighted by Crippen LogP contribution is 2.00. The minimum Gasteiger partial charge on any atom is -0.394 e. The van der Waals surface area contributed by atoms with E-state index < -0.39 is 79.4 Å². The number of carbonyl (C=O) groups is 6. The van der Waals surface area contributed by atoms with Gasteiger partial charge in [-0.2, -0.15) is 0 Å². The number of aliphatic hydroxyl groups is 2. The number of hydrazine groups is 1. The highest BCUT2D eigenvalue weighted by Gasteiger charge is 2.32. The molecule has 1 aliphatic heterocycles. The second-order valence-electron chi connectivity index (χ2n) is 7.69. The molecule has 1 heterocycles. The molecule has 9 N–H and O–H groups in total. The number of likely N-dealkylation sites (N-methyl/N-ethyl adjacent to an activating group) is 1. The van der Waals surface area contributed by atoms with Crippen LogP contribution in [0.15, 0.2) is 0 Å². The number of carbonyl (C=O) groups excluding carboxylic acids is 6. The van der Waals surface area contributed by atoms with Crippen molar-refractivity contribution >= 4 is 35.6 Å². The van der Waals surface area contributed by atoms with Crippen molar-refractivity contribution in [1.82, 2.24) is 31.7 Å². The van der Waals surface area contributed by atoms with Gasteiger partial charge in [0, 0.05) is 13.6 Å². The first kappa shape index (κ1) is 30.5. The van der Waals surface area contributed by atoms with Crippen LogP contribution in [0.4, 0.5) is 4.79 Å². The van der Waals surface area contributed by atoms with Crippen molar-refractivity contribution in [2.24, 2.45) is 5.73 Å². The summed E-state index contributed by atoms with van der Waals surface area (Å²) in [5.74, 6) is -4.43. The molecule has 17 nitrogen and oxygen atoms in total. The molecule has 0 spiro atoms. The predicted molar refractivity (Wildman–Crippen MR) is 119 cm³/mol. The average Bonchev–Trinajstić information content (AvgIpc) is 2.80. The number of urea groups is 1. The van der Waals surface area contributed by atoms with E-state index in [0.29, 0.717) is 5.01 Å². The molecule has 0 aromatic rings. The van der Waals surface area contributed by atoms with Gasteiger partial charge in [-0.05, 0) is 6.92 Å². The minimum atomic E-state index is -1.59. The van der Waals surface area contributed by atoms with Crippen LogP contribution in [0.5, 0.6) is 0 Å². The van der Waals surface area contributed by atoms with Crippen LogP contribution >= 0.6 is 0 Å². The van der Waals surface area contributed by atoms with E-state index in [1.54, 1.807) is 0 Å². The molecule has 1 aliphatic rings. The third kappa shape index (κ3) is 10.8. The van der Waals surface area contributed by atoms with Gasteiger partial charge in [0.15, 0.2) is 0 Å². The molecule has 0 aliphatic carbocycles. The fourth-order valence-electron chi connectivity index (χ4n) is 2.83. The molecule has 204 valence electrons. The van der Waals surface area contributed by atoms with Crippen LogP contribution in [0.3, 0.4) is 0 Å². The SMILES string of the molecule is CC(O)[C@H]1NC(=O)COCCOCCNC(=O)[C@@H](CO)NC(=O)NC(CC(N)=O)C(=O)NN(C)C1=O. The third-order valence-corrected chi connectivity index (χ3v) is 4.66. The number of nitrogens with two attached hydrogens (primary N) is 1. The molecule has 0 bridgehead atoms. The number of hydrogen-bond acceptors (Lipinski definition) is 10. The lowest BCUT2D eigenvalue weighted by molar-refractivity contribution is -0.146. The fraction of sp³-hybridized carbons (Fsp3) is 0.684. The van der Waals surface area contributed by atoms with Crippen LogP contribution in [-0.2, 0) is 33.4 Å². The third-order valence-electron chi connectivity index (χ3n) is 4.66. The van der Waals surface area contributed by atoms with Gasteiger partial charge >= 0.3 is 6.03 Å². The van der Waals surface area contributed by atoms with Crippen molar-refractivity contribution in [2.75, 3.05) is 46.6 Å². The number of rotatable bonds is 4. The summed E-state index contributed by atoms with van der Waals surface area (Å²) in [5, 5.41) is 29.0. The zero-order valence-corrected chi connectivity index (χ0v) is 19.9. The molecule has 17 heteroatoms. The van der Waals surface area contributed by atoms with Crippen molar-refractivity contribution in [3.8, 4) is 0 Å². The van der Waals surface area contributed by atoms with Crippen LogP contribution in [0.25, 0.3) is 0 Å². The van der Waals surface area contributed by atoms with E-state index in [1.165, 1.54) is 6.92 Å². The summed E-state index contributed by atoms with van der Waals surface area (Å²) in [6.07, 6.45) is -2.04. The van der Waals surface area contributed by atoms with Gasteiger partial charge in [-0.15, -0.1) is 0 Å². The van der Waals surface area contributed by atoms with Crippen LogP contribution in [0, 0.1) is 0 Å². The summed E-state index contributed by atoms with van der Waals surface area (Å²) in [4.78, 5) is 73.4.